The Morgan fingerprint density at radius 2 is 2.16 bits per heavy atom. The Labute approximate surface area is 115 Å². The van der Waals surface area contributed by atoms with Crippen LogP contribution in [0.25, 0.3) is 0 Å². The molecule has 1 aromatic rings. The van der Waals surface area contributed by atoms with Crippen LogP contribution in [0.2, 0.25) is 0 Å². The van der Waals surface area contributed by atoms with Crippen LogP contribution in [0.4, 0.5) is 5.69 Å². The van der Waals surface area contributed by atoms with Crippen LogP contribution in [-0.4, -0.2) is 19.4 Å². The molecule has 0 saturated carbocycles. The number of fused-ring (bicyclic) bond motifs is 2. The number of halogens is 1. The van der Waals surface area contributed by atoms with E-state index in [0.717, 1.165) is 11.3 Å². The molecule has 0 saturated heterocycles. The van der Waals surface area contributed by atoms with E-state index >= 15 is 0 Å². The number of rotatable bonds is 2. The maximum Gasteiger partial charge on any atom is 0.335 e. The number of carbonyl (C=O) groups is 1. The maximum absolute atomic E-state index is 11.8. The zero-order valence-electron chi connectivity index (χ0n) is 10.3. The predicted molar refractivity (Wildman–Crippen MR) is 69.3 cm³/mol. The summed E-state index contributed by atoms with van der Waals surface area (Å²) in [4.78, 5) is 11.8. The zero-order chi connectivity index (χ0) is 13.4. The lowest BCUT2D eigenvalue weighted by Crippen LogP contribution is -2.18. The predicted octanol–water partition coefficient (Wildman–Crippen LogP) is 2.38. The van der Waals surface area contributed by atoms with E-state index in [1.165, 1.54) is 4.42 Å². The molecule has 5 nitrogen and oxygen atoms in total. The smallest absolute Gasteiger partial charge is 0.335 e. The molecule has 2 aliphatic rings. The van der Waals surface area contributed by atoms with Crippen molar-refractivity contribution >= 4 is 23.4 Å². The van der Waals surface area contributed by atoms with Crippen molar-refractivity contribution in [3.63, 3.8) is 0 Å². The lowest BCUT2D eigenvalue weighted by molar-refractivity contribution is -0.138. The summed E-state index contributed by atoms with van der Waals surface area (Å²) in [5, 5.41) is 0. The fourth-order valence-electron chi connectivity index (χ4n) is 2.12. The van der Waals surface area contributed by atoms with Crippen molar-refractivity contribution in [3.8, 4) is 11.5 Å². The van der Waals surface area contributed by atoms with Gasteiger partial charge < -0.3 is 14.2 Å². The van der Waals surface area contributed by atoms with Gasteiger partial charge in [-0.25, -0.2) is 4.79 Å². The van der Waals surface area contributed by atoms with Crippen molar-refractivity contribution in [3.05, 3.63) is 29.5 Å². The second-order valence-electron chi connectivity index (χ2n) is 4.20. The molecule has 0 unspecified atom stereocenters. The lowest BCUT2D eigenvalue weighted by atomic mass is 10.0. The fraction of sp³-hybridized carbons (Fsp3) is 0.308. The Morgan fingerprint density at radius 1 is 1.42 bits per heavy atom. The van der Waals surface area contributed by atoms with E-state index < -0.39 is 0 Å². The summed E-state index contributed by atoms with van der Waals surface area (Å²) in [7, 11) is 0. The van der Waals surface area contributed by atoms with Crippen LogP contribution >= 0.6 is 11.8 Å². The van der Waals surface area contributed by atoms with E-state index in [2.05, 4.69) is 0 Å². The second kappa shape index (κ2) is 4.66. The fourth-order valence-corrected chi connectivity index (χ4v) is 2.39. The molecular formula is C13H12ClNO4. The summed E-state index contributed by atoms with van der Waals surface area (Å²) >= 11 is 6.14. The van der Waals surface area contributed by atoms with E-state index in [9.17, 15) is 4.79 Å². The first-order valence-electron chi connectivity index (χ1n) is 5.94. The quantitative estimate of drug-likeness (QED) is 0.615. The highest BCUT2D eigenvalue weighted by molar-refractivity contribution is 6.27. The average Bonchev–Trinajstić information content (AvgIpc) is 2.84. The minimum Gasteiger partial charge on any atom is -0.463 e. The van der Waals surface area contributed by atoms with Gasteiger partial charge in [0.05, 0.1) is 17.9 Å². The van der Waals surface area contributed by atoms with Gasteiger partial charge >= 0.3 is 5.97 Å². The van der Waals surface area contributed by atoms with Crippen molar-refractivity contribution in [2.45, 2.75) is 13.3 Å². The number of ether oxygens (including phenoxy) is 3. The third-order valence-electron chi connectivity index (χ3n) is 2.99. The molecule has 0 radical (unpaired) electrons. The topological polar surface area (TPSA) is 48.0 Å². The van der Waals surface area contributed by atoms with Crippen molar-refractivity contribution in [1.29, 1.82) is 0 Å². The van der Waals surface area contributed by atoms with E-state index in [-0.39, 0.29) is 12.8 Å². The summed E-state index contributed by atoms with van der Waals surface area (Å²) in [5.41, 5.74) is 2.21. The molecule has 2 heterocycles. The number of esters is 1. The number of anilines is 1. The highest BCUT2D eigenvalue weighted by Gasteiger charge is 2.25. The Hall–Kier alpha value is -1.88. The van der Waals surface area contributed by atoms with Crippen LogP contribution in [0.3, 0.4) is 0 Å². The van der Waals surface area contributed by atoms with Gasteiger partial charge in [-0.1, -0.05) is 0 Å². The number of hydrogen-bond acceptors (Lipinski definition) is 5. The molecule has 3 rings (SSSR count). The van der Waals surface area contributed by atoms with E-state index in [1.54, 1.807) is 13.1 Å². The zero-order valence-corrected chi connectivity index (χ0v) is 11.1. The van der Waals surface area contributed by atoms with Crippen LogP contribution in [0.5, 0.6) is 11.5 Å². The Morgan fingerprint density at radius 3 is 2.89 bits per heavy atom. The third kappa shape index (κ3) is 2.10. The van der Waals surface area contributed by atoms with Crippen molar-refractivity contribution < 1.29 is 19.0 Å². The molecular weight excluding hydrogens is 270 g/mol. The molecule has 19 heavy (non-hydrogen) atoms. The van der Waals surface area contributed by atoms with Gasteiger partial charge in [-0.05, 0) is 18.6 Å². The van der Waals surface area contributed by atoms with E-state index in [4.69, 9.17) is 26.0 Å². The molecule has 0 spiro atoms. The van der Waals surface area contributed by atoms with Crippen LogP contribution in [0, 0.1) is 0 Å². The SMILES string of the molecule is CCOC(=O)C1=CN(Cl)c2cc3c(cc2C1)OCO3. The lowest BCUT2D eigenvalue weighted by Gasteiger charge is -2.23. The van der Waals surface area contributed by atoms with Gasteiger partial charge in [-0.15, -0.1) is 0 Å². The first-order valence-corrected chi connectivity index (χ1v) is 6.28. The molecule has 0 bridgehead atoms. The third-order valence-corrected chi connectivity index (χ3v) is 3.27. The van der Waals surface area contributed by atoms with Crippen LogP contribution in [0.15, 0.2) is 23.9 Å². The van der Waals surface area contributed by atoms with Crippen LogP contribution in [-0.2, 0) is 16.0 Å². The average molecular weight is 282 g/mol. The van der Waals surface area contributed by atoms with Gasteiger partial charge in [-0.2, -0.15) is 0 Å². The van der Waals surface area contributed by atoms with Crippen molar-refractivity contribution in [2.24, 2.45) is 0 Å². The maximum atomic E-state index is 11.8. The highest BCUT2D eigenvalue weighted by atomic mass is 35.5. The summed E-state index contributed by atoms with van der Waals surface area (Å²) in [6.45, 7) is 2.32. The molecule has 0 amide bonds. The molecule has 100 valence electrons. The normalized spacial score (nSPS) is 15.9. The second-order valence-corrected chi connectivity index (χ2v) is 4.56. The number of hydrogen-bond donors (Lipinski definition) is 0. The van der Waals surface area contributed by atoms with Crippen LogP contribution < -0.4 is 13.9 Å². The van der Waals surface area contributed by atoms with Gasteiger partial charge in [0.1, 0.15) is 0 Å². The van der Waals surface area contributed by atoms with E-state index in [1.807, 2.05) is 12.1 Å². The van der Waals surface area contributed by atoms with Gasteiger partial charge in [0, 0.05) is 30.5 Å². The van der Waals surface area contributed by atoms with E-state index in [0.29, 0.717) is 30.1 Å². The number of carbonyl (C=O) groups excluding carboxylic acids is 1. The summed E-state index contributed by atoms with van der Waals surface area (Å²) in [5.74, 6) is 0.989. The van der Waals surface area contributed by atoms with Crippen LogP contribution in [0.1, 0.15) is 12.5 Å². The molecule has 2 aliphatic heterocycles. The monoisotopic (exact) mass is 281 g/mol. The Bertz CT molecular complexity index is 570. The standard InChI is InChI=1S/C13H12ClNO4/c1-2-17-13(16)9-3-8-4-11-12(19-7-18-11)5-10(8)15(14)6-9/h4-6H,2-3,7H2,1H3. The molecule has 0 atom stereocenters. The molecule has 0 aliphatic carbocycles. The molecule has 6 heteroatoms. The first-order chi connectivity index (χ1) is 9.19. The number of benzene rings is 1. The minimum atomic E-state index is -0.350. The van der Waals surface area contributed by atoms with Gasteiger partial charge in [0.2, 0.25) is 6.79 Å². The Balaban J connectivity index is 1.94. The summed E-state index contributed by atoms with van der Waals surface area (Å²) < 4.78 is 17.0. The largest absolute Gasteiger partial charge is 0.463 e. The van der Waals surface area contributed by atoms with Crippen molar-refractivity contribution in [2.75, 3.05) is 17.8 Å². The van der Waals surface area contributed by atoms with Gasteiger partial charge in [0.25, 0.3) is 0 Å². The first kappa shape index (κ1) is 12.2. The highest BCUT2D eigenvalue weighted by Crippen LogP contribution is 2.41. The molecule has 1 aromatic carbocycles. The van der Waals surface area contributed by atoms with Crippen molar-refractivity contribution in [1.82, 2.24) is 0 Å². The molecule has 0 N–H and O–H groups in total. The van der Waals surface area contributed by atoms with Gasteiger partial charge in [0.15, 0.2) is 11.5 Å². The summed E-state index contributed by atoms with van der Waals surface area (Å²) in [6.07, 6.45) is 2.04. The Kier molecular flexibility index (Phi) is 2.98. The minimum absolute atomic E-state index is 0.207. The number of nitrogens with zero attached hydrogens (tertiary/aromatic N) is 1. The van der Waals surface area contributed by atoms with Gasteiger partial charge in [-0.3, -0.25) is 4.42 Å². The molecule has 0 fully saturated rings. The molecule has 0 aromatic heterocycles. The summed E-state index contributed by atoms with van der Waals surface area (Å²) in [6, 6.07) is 3.66.